The van der Waals surface area contributed by atoms with E-state index in [4.69, 9.17) is 4.74 Å². The van der Waals surface area contributed by atoms with E-state index < -0.39 is 5.91 Å². The molecule has 2 amide bonds. The van der Waals surface area contributed by atoms with Crippen molar-refractivity contribution in [3.8, 4) is 11.5 Å². The van der Waals surface area contributed by atoms with Crippen molar-refractivity contribution in [2.24, 2.45) is 5.10 Å². The third kappa shape index (κ3) is 5.18. The second-order valence-electron chi connectivity index (χ2n) is 7.43. The van der Waals surface area contributed by atoms with E-state index in [-0.39, 0.29) is 28.6 Å². The molecule has 1 atom stereocenters. The fourth-order valence-electron chi connectivity index (χ4n) is 3.41. The van der Waals surface area contributed by atoms with Gasteiger partial charge in [0, 0.05) is 23.6 Å². The number of methoxy groups -OCH3 is 1. The van der Waals surface area contributed by atoms with Gasteiger partial charge in [0.05, 0.1) is 24.6 Å². The number of phenols is 1. The molecular weight excluding hydrogens is 454 g/mol. The summed E-state index contributed by atoms with van der Waals surface area (Å²) in [7, 11) is 1.49. The Labute approximate surface area is 200 Å². The number of benzene rings is 2. The molecule has 10 heteroatoms. The van der Waals surface area contributed by atoms with Gasteiger partial charge in [-0.25, -0.2) is 15.0 Å². The quantitative estimate of drug-likeness (QED) is 0.521. The van der Waals surface area contributed by atoms with E-state index in [0.29, 0.717) is 11.4 Å². The third-order valence-electron chi connectivity index (χ3n) is 5.15. The summed E-state index contributed by atoms with van der Waals surface area (Å²) in [4.78, 5) is 32.8. The number of carbonyl (C=O) groups is 2. The molecule has 34 heavy (non-hydrogen) atoms. The molecule has 3 aromatic rings. The number of aromatic hydroxyl groups is 1. The molecule has 174 valence electrons. The molecule has 0 spiro atoms. The molecule has 1 aliphatic heterocycles. The molecule has 4 rings (SSSR count). The molecule has 1 unspecified atom stereocenters. The second kappa shape index (κ2) is 10.3. The lowest BCUT2D eigenvalue weighted by Crippen LogP contribution is -2.34. The maximum Gasteiger partial charge on any atom is 0.302 e. The summed E-state index contributed by atoms with van der Waals surface area (Å²) in [5.41, 5.74) is 2.89. The van der Waals surface area contributed by atoms with Gasteiger partial charge in [-0.15, -0.1) is 0 Å². The number of nitrogens with zero attached hydrogens (tertiary/aromatic N) is 4. The van der Waals surface area contributed by atoms with Gasteiger partial charge in [0.25, 0.3) is 5.91 Å². The summed E-state index contributed by atoms with van der Waals surface area (Å²) in [5, 5.41) is 18.7. The fourth-order valence-corrected chi connectivity index (χ4v) is 4.34. The van der Waals surface area contributed by atoms with Crippen LogP contribution in [0.5, 0.6) is 11.5 Å². The first-order chi connectivity index (χ1) is 16.5. The number of ether oxygens (including phenoxy) is 1. The van der Waals surface area contributed by atoms with Crippen LogP contribution in [-0.4, -0.2) is 49.3 Å². The summed E-state index contributed by atoms with van der Waals surface area (Å²) in [6.07, 6.45) is 3.73. The van der Waals surface area contributed by atoms with Crippen LogP contribution < -0.4 is 10.1 Å². The maximum atomic E-state index is 12.7. The van der Waals surface area contributed by atoms with Crippen LogP contribution in [0, 0.1) is 0 Å². The second-order valence-corrected chi connectivity index (χ2v) is 8.59. The molecule has 9 nitrogen and oxygen atoms in total. The van der Waals surface area contributed by atoms with Crippen molar-refractivity contribution in [3.63, 3.8) is 0 Å². The smallest absolute Gasteiger partial charge is 0.302 e. The summed E-state index contributed by atoms with van der Waals surface area (Å²) >= 11 is 1.21. The van der Waals surface area contributed by atoms with E-state index in [9.17, 15) is 14.7 Å². The number of hydrogen-bond donors (Lipinski definition) is 2. The Kier molecular flexibility index (Phi) is 7.07. The van der Waals surface area contributed by atoms with Crippen LogP contribution in [0.3, 0.4) is 0 Å². The highest BCUT2D eigenvalue weighted by atomic mass is 32.2. The van der Waals surface area contributed by atoms with E-state index in [0.717, 1.165) is 23.3 Å². The number of nitrogens with one attached hydrogen (secondary N) is 1. The van der Waals surface area contributed by atoms with E-state index in [1.165, 1.54) is 36.3 Å². The minimum atomic E-state index is -0.404. The third-order valence-corrected chi connectivity index (χ3v) is 6.40. The van der Waals surface area contributed by atoms with Gasteiger partial charge in [0.1, 0.15) is 0 Å². The average molecular weight is 478 g/mol. The number of aromatic nitrogens is 2. The van der Waals surface area contributed by atoms with E-state index >= 15 is 0 Å². The highest BCUT2D eigenvalue weighted by Gasteiger charge is 2.30. The maximum absolute atomic E-state index is 12.7. The zero-order valence-corrected chi connectivity index (χ0v) is 19.5. The first-order valence-electron chi connectivity index (χ1n) is 10.6. The van der Waals surface area contributed by atoms with Gasteiger partial charge in [-0.2, -0.15) is 5.10 Å². The number of hydrazone groups is 1. The Balaban J connectivity index is 1.51. The van der Waals surface area contributed by atoms with Crippen molar-refractivity contribution in [1.29, 1.82) is 0 Å². The number of phenolic OH excluding ortho intramolecular Hbond substituents is 1. The van der Waals surface area contributed by atoms with E-state index in [1.54, 1.807) is 30.3 Å². The highest BCUT2D eigenvalue weighted by Crippen LogP contribution is 2.33. The van der Waals surface area contributed by atoms with Gasteiger partial charge >= 0.3 is 5.24 Å². The van der Waals surface area contributed by atoms with Crippen LogP contribution in [0.4, 0.5) is 10.5 Å². The molecular formula is C24H23N5O4S. The molecule has 0 fully saturated rings. The van der Waals surface area contributed by atoms with Gasteiger partial charge in [0.2, 0.25) is 5.82 Å². The minimum Gasteiger partial charge on any atom is -0.504 e. The molecule has 2 aromatic carbocycles. The summed E-state index contributed by atoms with van der Waals surface area (Å²) in [5.74, 6) is 0.0716. The van der Waals surface area contributed by atoms with Gasteiger partial charge < -0.3 is 15.2 Å². The molecule has 0 radical (unpaired) electrons. The average Bonchev–Trinajstić information content (AvgIpc) is 2.86. The van der Waals surface area contributed by atoms with Gasteiger partial charge in [-0.3, -0.25) is 9.59 Å². The Morgan fingerprint density at radius 3 is 2.56 bits per heavy atom. The SMILES string of the molecule is CCC1SC(=O)N(Cc2ccc(NC(=O)c3ncccn3)cc2)N=C1c1ccc(OC)c(O)c1. The molecule has 1 aliphatic rings. The Morgan fingerprint density at radius 1 is 1.18 bits per heavy atom. The van der Waals surface area contributed by atoms with E-state index in [2.05, 4.69) is 20.4 Å². The normalized spacial score (nSPS) is 15.6. The summed E-state index contributed by atoms with van der Waals surface area (Å²) in [6, 6.07) is 13.9. The predicted molar refractivity (Wildman–Crippen MR) is 130 cm³/mol. The Bertz CT molecular complexity index is 1220. The van der Waals surface area contributed by atoms with Crippen molar-refractivity contribution >= 4 is 34.3 Å². The number of hydrogen-bond acceptors (Lipinski definition) is 8. The number of anilines is 1. The fraction of sp³-hybridized carbons (Fsp3) is 0.208. The van der Waals surface area contributed by atoms with Crippen molar-refractivity contribution in [1.82, 2.24) is 15.0 Å². The molecule has 2 heterocycles. The van der Waals surface area contributed by atoms with Crippen LogP contribution in [0.15, 0.2) is 66.0 Å². The first kappa shape index (κ1) is 23.2. The molecule has 0 saturated heterocycles. The van der Waals surface area contributed by atoms with Gasteiger partial charge in [-0.1, -0.05) is 30.8 Å². The minimum absolute atomic E-state index is 0.0181. The van der Waals surface area contributed by atoms with Crippen LogP contribution in [0.2, 0.25) is 0 Å². The monoisotopic (exact) mass is 477 g/mol. The number of rotatable bonds is 7. The van der Waals surface area contributed by atoms with Crippen LogP contribution in [-0.2, 0) is 6.54 Å². The van der Waals surface area contributed by atoms with Crippen LogP contribution in [0.1, 0.15) is 35.1 Å². The summed E-state index contributed by atoms with van der Waals surface area (Å²) < 4.78 is 5.12. The predicted octanol–water partition coefficient (Wildman–Crippen LogP) is 4.29. The molecule has 2 N–H and O–H groups in total. The number of amides is 2. The lowest BCUT2D eigenvalue weighted by Gasteiger charge is -2.28. The van der Waals surface area contributed by atoms with Gasteiger partial charge in [-0.05, 0) is 48.4 Å². The Morgan fingerprint density at radius 2 is 1.91 bits per heavy atom. The number of carbonyl (C=O) groups excluding carboxylic acids is 2. The van der Waals surface area contributed by atoms with E-state index in [1.807, 2.05) is 25.1 Å². The van der Waals surface area contributed by atoms with Crippen LogP contribution in [0.25, 0.3) is 0 Å². The zero-order valence-electron chi connectivity index (χ0n) is 18.6. The van der Waals surface area contributed by atoms with Crippen molar-refractivity contribution < 1.29 is 19.4 Å². The lowest BCUT2D eigenvalue weighted by molar-refractivity contribution is 0.101. The first-order valence-corrected chi connectivity index (χ1v) is 11.5. The van der Waals surface area contributed by atoms with Crippen LogP contribution >= 0.6 is 11.8 Å². The molecule has 0 saturated carbocycles. The standard InChI is InChI=1S/C24H23N5O4S/c1-3-20-21(16-7-10-19(33-2)18(30)13-16)28-29(24(32)34-20)14-15-5-8-17(9-6-15)27-23(31)22-25-11-4-12-26-22/h4-13,20,30H,3,14H2,1-2H3,(H,27,31). The highest BCUT2D eigenvalue weighted by molar-refractivity contribution is 8.14. The lowest BCUT2D eigenvalue weighted by atomic mass is 10.0. The van der Waals surface area contributed by atoms with Crippen molar-refractivity contribution in [3.05, 3.63) is 77.9 Å². The van der Waals surface area contributed by atoms with Crippen molar-refractivity contribution in [2.75, 3.05) is 12.4 Å². The largest absolute Gasteiger partial charge is 0.504 e. The van der Waals surface area contributed by atoms with Crippen molar-refractivity contribution in [2.45, 2.75) is 25.1 Å². The Hall–Kier alpha value is -3.92. The summed E-state index contributed by atoms with van der Waals surface area (Å²) in [6.45, 7) is 2.26. The topological polar surface area (TPSA) is 117 Å². The molecule has 0 aliphatic carbocycles. The van der Waals surface area contributed by atoms with Gasteiger partial charge in [0.15, 0.2) is 11.5 Å². The number of thioether (sulfide) groups is 1. The molecule has 0 bridgehead atoms. The molecule has 1 aromatic heterocycles. The zero-order chi connectivity index (χ0) is 24.1.